The molecule has 0 aliphatic heterocycles. The van der Waals surface area contributed by atoms with E-state index in [1.165, 1.54) is 180 Å². The van der Waals surface area contributed by atoms with Crippen molar-refractivity contribution >= 4 is 39.5 Å². The predicted octanol–water partition coefficient (Wildman–Crippen LogP) is 20.4. The quantitative estimate of drug-likeness (QED) is 0.0222. The lowest BCUT2D eigenvalue weighted by molar-refractivity contribution is -0.161. The van der Waals surface area contributed by atoms with E-state index in [9.17, 15) is 43.2 Å². The summed E-state index contributed by atoms with van der Waals surface area (Å²) in [6, 6.07) is 0. The summed E-state index contributed by atoms with van der Waals surface area (Å²) in [5.74, 6) is -0.646. The van der Waals surface area contributed by atoms with E-state index >= 15 is 0 Å². The van der Waals surface area contributed by atoms with Crippen LogP contribution in [0.3, 0.4) is 0 Å². The van der Waals surface area contributed by atoms with Crippen molar-refractivity contribution in [3.63, 3.8) is 0 Å². The largest absolute Gasteiger partial charge is 0.472 e. The zero-order chi connectivity index (χ0) is 66.5. The number of phosphoric acid groups is 2. The Bertz CT molecular complexity index is 1750. The molecule has 534 valence electrons. The van der Waals surface area contributed by atoms with Crippen molar-refractivity contribution < 1.29 is 80.2 Å². The van der Waals surface area contributed by atoms with E-state index < -0.39 is 97.5 Å². The third-order valence-corrected chi connectivity index (χ3v) is 18.4. The van der Waals surface area contributed by atoms with Crippen LogP contribution in [-0.2, 0) is 65.4 Å². The maximum absolute atomic E-state index is 13.0. The van der Waals surface area contributed by atoms with Gasteiger partial charge in [0.1, 0.15) is 19.3 Å². The van der Waals surface area contributed by atoms with Crippen LogP contribution < -0.4 is 0 Å². The fourth-order valence-corrected chi connectivity index (χ4v) is 12.3. The Morgan fingerprint density at radius 3 is 0.756 bits per heavy atom. The highest BCUT2D eigenvalue weighted by Crippen LogP contribution is 2.45. The van der Waals surface area contributed by atoms with E-state index in [1.54, 1.807) is 0 Å². The van der Waals surface area contributed by atoms with Crippen LogP contribution in [0, 0.1) is 11.8 Å². The molecule has 0 saturated heterocycles. The molecule has 0 rings (SSSR count). The SMILES string of the molecule is CCCCCCCCCCCCCCCCCCC(=O)O[C@H](COC(=O)CCCCCCCCCCCCC(C)C)COP(=O)(O)OC[C@@H](O)COP(=O)(O)OC[C@@H](COC(=O)CCCCCCCCCCCC)OC(=O)CCCCCCCCCCC(C)C. The first kappa shape index (κ1) is 88.1. The van der Waals surface area contributed by atoms with E-state index in [-0.39, 0.29) is 25.7 Å². The monoisotopic (exact) mass is 1320 g/mol. The smallest absolute Gasteiger partial charge is 0.462 e. The Morgan fingerprint density at radius 2 is 0.511 bits per heavy atom. The molecule has 90 heavy (non-hydrogen) atoms. The van der Waals surface area contributed by atoms with Gasteiger partial charge in [0.2, 0.25) is 0 Å². The number of hydrogen-bond donors (Lipinski definition) is 3. The van der Waals surface area contributed by atoms with Gasteiger partial charge in [-0.25, -0.2) is 9.13 Å². The molecule has 0 aromatic carbocycles. The minimum absolute atomic E-state index is 0.105. The minimum Gasteiger partial charge on any atom is -0.462 e. The van der Waals surface area contributed by atoms with E-state index in [0.29, 0.717) is 25.7 Å². The lowest BCUT2D eigenvalue weighted by Gasteiger charge is -2.21. The van der Waals surface area contributed by atoms with Crippen LogP contribution in [-0.4, -0.2) is 96.7 Å². The number of carbonyl (C=O) groups excluding carboxylic acids is 4. The van der Waals surface area contributed by atoms with Crippen molar-refractivity contribution in [3.8, 4) is 0 Å². The first-order valence-electron chi connectivity index (χ1n) is 37.0. The molecule has 0 aliphatic carbocycles. The van der Waals surface area contributed by atoms with Crippen molar-refractivity contribution in [1.29, 1.82) is 0 Å². The van der Waals surface area contributed by atoms with Crippen LogP contribution in [0.1, 0.15) is 363 Å². The molecule has 19 heteroatoms. The molecule has 0 aliphatic rings. The van der Waals surface area contributed by atoms with Crippen LogP contribution >= 0.6 is 15.6 Å². The molecule has 0 heterocycles. The minimum atomic E-state index is -4.95. The van der Waals surface area contributed by atoms with Crippen molar-refractivity contribution in [1.82, 2.24) is 0 Å². The molecule has 0 aromatic rings. The lowest BCUT2D eigenvalue weighted by atomic mass is 10.0. The second-order valence-corrected chi connectivity index (χ2v) is 29.5. The van der Waals surface area contributed by atoms with E-state index in [0.717, 1.165) is 102 Å². The normalized spacial score (nSPS) is 14.1. The molecule has 0 spiro atoms. The Balaban J connectivity index is 5.24. The van der Waals surface area contributed by atoms with Gasteiger partial charge >= 0.3 is 39.5 Å². The lowest BCUT2D eigenvalue weighted by Crippen LogP contribution is -2.30. The van der Waals surface area contributed by atoms with Gasteiger partial charge in [0.15, 0.2) is 12.2 Å². The fourth-order valence-electron chi connectivity index (χ4n) is 10.8. The molecule has 2 unspecified atom stereocenters. The molecule has 5 atom stereocenters. The first-order valence-corrected chi connectivity index (χ1v) is 40.0. The summed E-state index contributed by atoms with van der Waals surface area (Å²) >= 11 is 0. The fraction of sp³-hybridized carbons (Fsp3) is 0.944. The topological polar surface area (TPSA) is 237 Å². The van der Waals surface area contributed by atoms with Crippen molar-refractivity contribution in [2.45, 2.75) is 381 Å². The average molecular weight is 1330 g/mol. The Hall–Kier alpha value is -1.94. The van der Waals surface area contributed by atoms with Gasteiger partial charge in [0.25, 0.3) is 0 Å². The average Bonchev–Trinajstić information content (AvgIpc) is 2.63. The highest BCUT2D eigenvalue weighted by molar-refractivity contribution is 7.47. The summed E-state index contributed by atoms with van der Waals surface area (Å²) in [5.41, 5.74) is 0. The molecule has 0 bridgehead atoms. The zero-order valence-electron chi connectivity index (χ0n) is 58.4. The number of phosphoric ester groups is 2. The number of hydrogen-bond acceptors (Lipinski definition) is 15. The standard InChI is InChI=1S/C71H138O17P2/c1-7-9-11-13-15-17-19-20-21-22-23-24-30-37-43-49-55-70(75)87-66(59-82-69(74)54-48-42-36-29-26-25-27-33-39-45-51-63(3)4)61-85-89(77,78)83-57-65(72)58-84-90(79,80)86-62-67(60-81-68(73)53-47-41-35-28-18-16-14-12-10-8-2)88-71(76)56-50-44-38-32-31-34-40-46-52-64(5)6/h63-67,72H,7-62H2,1-6H3,(H,77,78)(H,79,80)/t65-,66-,67-/m1/s1. The van der Waals surface area contributed by atoms with Gasteiger partial charge < -0.3 is 33.8 Å². The van der Waals surface area contributed by atoms with Gasteiger partial charge in [-0.2, -0.15) is 0 Å². The molecule has 0 radical (unpaired) electrons. The van der Waals surface area contributed by atoms with E-state index in [2.05, 4.69) is 41.5 Å². The van der Waals surface area contributed by atoms with Gasteiger partial charge in [-0.1, -0.05) is 311 Å². The van der Waals surface area contributed by atoms with Gasteiger partial charge in [-0.3, -0.25) is 37.3 Å². The van der Waals surface area contributed by atoms with Gasteiger partial charge in [-0.15, -0.1) is 0 Å². The maximum Gasteiger partial charge on any atom is 0.472 e. The first-order chi connectivity index (χ1) is 43.4. The predicted molar refractivity (Wildman–Crippen MR) is 363 cm³/mol. The third kappa shape index (κ3) is 64.8. The van der Waals surface area contributed by atoms with Crippen molar-refractivity contribution in [2.24, 2.45) is 11.8 Å². The molecule has 0 fully saturated rings. The highest BCUT2D eigenvalue weighted by Gasteiger charge is 2.30. The number of ether oxygens (including phenoxy) is 4. The summed E-state index contributed by atoms with van der Waals surface area (Å²) in [6.45, 7) is 9.51. The molecule has 3 N–H and O–H groups in total. The maximum atomic E-state index is 13.0. The summed E-state index contributed by atoms with van der Waals surface area (Å²) < 4.78 is 68.3. The molecule has 0 saturated carbocycles. The number of rotatable bonds is 70. The second-order valence-electron chi connectivity index (χ2n) is 26.6. The Labute approximate surface area is 549 Å². The molecule has 17 nitrogen and oxygen atoms in total. The molecular weight excluding hydrogens is 1190 g/mol. The van der Waals surface area contributed by atoms with Crippen LogP contribution in [0.4, 0.5) is 0 Å². The van der Waals surface area contributed by atoms with Gasteiger partial charge in [0, 0.05) is 25.7 Å². The summed E-state index contributed by atoms with van der Waals surface area (Å²) in [7, 11) is -9.90. The number of aliphatic hydroxyl groups excluding tert-OH is 1. The van der Waals surface area contributed by atoms with Crippen LogP contribution in [0.15, 0.2) is 0 Å². The van der Waals surface area contributed by atoms with Crippen LogP contribution in [0.25, 0.3) is 0 Å². The van der Waals surface area contributed by atoms with E-state index in [1.807, 2.05) is 0 Å². The zero-order valence-corrected chi connectivity index (χ0v) is 60.2. The summed E-state index contributed by atoms with van der Waals surface area (Å²) in [6.07, 6.45) is 48.5. The van der Waals surface area contributed by atoms with Gasteiger partial charge in [0.05, 0.1) is 26.4 Å². The summed E-state index contributed by atoms with van der Waals surface area (Å²) in [4.78, 5) is 72.6. The second kappa shape index (κ2) is 63.1. The van der Waals surface area contributed by atoms with Gasteiger partial charge in [-0.05, 0) is 37.5 Å². The van der Waals surface area contributed by atoms with E-state index in [4.69, 9.17) is 37.0 Å². The summed E-state index contributed by atoms with van der Waals surface area (Å²) in [5, 5.41) is 10.6. The molecule has 0 aromatic heterocycles. The third-order valence-electron chi connectivity index (χ3n) is 16.5. The molecular formula is C71H138O17P2. The Morgan fingerprint density at radius 1 is 0.300 bits per heavy atom. The Kier molecular flexibility index (Phi) is 61.8. The van der Waals surface area contributed by atoms with Crippen LogP contribution in [0.2, 0.25) is 0 Å². The number of esters is 4. The number of aliphatic hydroxyl groups is 1. The highest BCUT2D eigenvalue weighted by atomic mass is 31.2. The van der Waals surface area contributed by atoms with Crippen LogP contribution in [0.5, 0.6) is 0 Å². The number of carbonyl (C=O) groups is 4. The van der Waals surface area contributed by atoms with Crippen molar-refractivity contribution in [2.75, 3.05) is 39.6 Å². The molecule has 0 amide bonds. The van der Waals surface area contributed by atoms with Crippen molar-refractivity contribution in [3.05, 3.63) is 0 Å². The number of unbranched alkanes of at least 4 members (excludes halogenated alkanes) is 40.